The molecule has 0 spiro atoms. The zero-order chi connectivity index (χ0) is 8.43. The molecule has 1 saturated heterocycles. The molecular formula is C9H17NO. The average Bonchev–Trinajstić information content (AvgIpc) is 2.10. The van der Waals surface area contributed by atoms with Crippen LogP contribution < -0.4 is 5.32 Å². The van der Waals surface area contributed by atoms with E-state index in [4.69, 9.17) is 0 Å². The van der Waals surface area contributed by atoms with Crippen molar-refractivity contribution in [1.29, 1.82) is 0 Å². The predicted octanol–water partition coefficient (Wildman–Crippen LogP) is 1.56. The van der Waals surface area contributed by atoms with Crippen molar-refractivity contribution in [2.75, 3.05) is 0 Å². The molecule has 0 bridgehead atoms. The Kier molecular flexibility index (Phi) is 2.53. The number of hydrogen-bond acceptors (Lipinski definition) is 1. The molecular weight excluding hydrogens is 138 g/mol. The molecule has 11 heavy (non-hydrogen) atoms. The largest absolute Gasteiger partial charge is 0.353 e. The van der Waals surface area contributed by atoms with E-state index >= 15 is 0 Å². The molecule has 0 aliphatic carbocycles. The number of carbonyl (C=O) groups excluding carboxylic acids is 1. The molecule has 2 heteroatoms. The van der Waals surface area contributed by atoms with Crippen molar-refractivity contribution in [3.63, 3.8) is 0 Å². The van der Waals surface area contributed by atoms with Gasteiger partial charge >= 0.3 is 0 Å². The van der Waals surface area contributed by atoms with Crippen LogP contribution in [0.15, 0.2) is 0 Å². The summed E-state index contributed by atoms with van der Waals surface area (Å²) in [7, 11) is 0. The molecule has 1 rings (SSSR count). The summed E-state index contributed by atoms with van der Waals surface area (Å²) in [5.41, 5.74) is 0. The van der Waals surface area contributed by atoms with Gasteiger partial charge in [-0.05, 0) is 18.8 Å². The molecule has 0 radical (unpaired) electrons. The maximum atomic E-state index is 11.1. The third-order valence-electron chi connectivity index (χ3n) is 2.19. The Morgan fingerprint density at radius 3 is 2.64 bits per heavy atom. The van der Waals surface area contributed by atoms with E-state index in [0.717, 1.165) is 12.8 Å². The Hall–Kier alpha value is -0.530. The van der Waals surface area contributed by atoms with Crippen LogP contribution in [0.5, 0.6) is 0 Å². The number of amides is 1. The van der Waals surface area contributed by atoms with Crippen molar-refractivity contribution >= 4 is 5.91 Å². The van der Waals surface area contributed by atoms with Crippen LogP contribution in [-0.2, 0) is 4.79 Å². The molecule has 1 heterocycles. The lowest BCUT2D eigenvalue weighted by atomic mass is 9.99. The summed E-state index contributed by atoms with van der Waals surface area (Å²) in [6.07, 6.45) is 2.15. The van der Waals surface area contributed by atoms with E-state index < -0.39 is 0 Å². The second kappa shape index (κ2) is 3.24. The Balaban J connectivity index is 2.35. The van der Waals surface area contributed by atoms with Crippen LogP contribution >= 0.6 is 0 Å². The van der Waals surface area contributed by atoms with Crippen molar-refractivity contribution in [2.45, 2.75) is 39.7 Å². The Morgan fingerprint density at radius 2 is 2.27 bits per heavy atom. The van der Waals surface area contributed by atoms with Gasteiger partial charge < -0.3 is 5.32 Å². The van der Waals surface area contributed by atoms with Crippen molar-refractivity contribution in [3.8, 4) is 0 Å². The number of carbonyl (C=O) groups is 1. The molecule has 0 aromatic rings. The SMILES string of the molecule is CC(C)C[C@H]1CC(C)C(=O)N1. The van der Waals surface area contributed by atoms with Crippen LogP contribution in [0.25, 0.3) is 0 Å². The maximum Gasteiger partial charge on any atom is 0.223 e. The fourth-order valence-electron chi connectivity index (χ4n) is 1.66. The second-order valence-corrected chi connectivity index (χ2v) is 3.97. The smallest absolute Gasteiger partial charge is 0.223 e. The lowest BCUT2D eigenvalue weighted by molar-refractivity contribution is -0.122. The van der Waals surface area contributed by atoms with Crippen molar-refractivity contribution in [2.24, 2.45) is 11.8 Å². The zero-order valence-corrected chi connectivity index (χ0v) is 7.55. The molecule has 1 aliphatic rings. The van der Waals surface area contributed by atoms with E-state index in [1.807, 2.05) is 6.92 Å². The molecule has 0 aromatic heterocycles. The second-order valence-electron chi connectivity index (χ2n) is 3.97. The average molecular weight is 155 g/mol. The highest BCUT2D eigenvalue weighted by Crippen LogP contribution is 2.19. The van der Waals surface area contributed by atoms with Gasteiger partial charge in [0.05, 0.1) is 0 Å². The van der Waals surface area contributed by atoms with E-state index in [1.54, 1.807) is 0 Å². The van der Waals surface area contributed by atoms with Crippen molar-refractivity contribution in [1.82, 2.24) is 5.32 Å². The minimum Gasteiger partial charge on any atom is -0.353 e. The Bertz CT molecular complexity index is 154. The fourth-order valence-corrected chi connectivity index (χ4v) is 1.66. The minimum atomic E-state index is 0.232. The molecule has 1 unspecified atom stereocenters. The standard InChI is InChI=1S/C9H17NO/c1-6(2)4-8-5-7(3)9(11)10-8/h6-8H,4-5H2,1-3H3,(H,10,11)/t7?,8-/m0/s1. The molecule has 1 amide bonds. The molecule has 1 N–H and O–H groups in total. The van der Waals surface area contributed by atoms with Gasteiger partial charge in [0.25, 0.3) is 0 Å². The molecule has 1 fully saturated rings. The quantitative estimate of drug-likeness (QED) is 0.644. The van der Waals surface area contributed by atoms with Crippen molar-refractivity contribution in [3.05, 3.63) is 0 Å². The van der Waals surface area contributed by atoms with E-state index in [-0.39, 0.29) is 11.8 Å². The summed E-state index contributed by atoms with van der Waals surface area (Å²) in [5, 5.41) is 3.00. The van der Waals surface area contributed by atoms with Gasteiger partial charge in [0.15, 0.2) is 0 Å². The predicted molar refractivity (Wildman–Crippen MR) is 45.2 cm³/mol. The first-order chi connectivity index (χ1) is 5.09. The van der Waals surface area contributed by atoms with Gasteiger partial charge in [-0.1, -0.05) is 20.8 Å². The number of hydrogen-bond donors (Lipinski definition) is 1. The van der Waals surface area contributed by atoms with Crippen LogP contribution in [0.1, 0.15) is 33.6 Å². The summed E-state index contributed by atoms with van der Waals surface area (Å²) in [4.78, 5) is 11.1. The van der Waals surface area contributed by atoms with Gasteiger partial charge in [0.1, 0.15) is 0 Å². The van der Waals surface area contributed by atoms with Crippen LogP contribution in [-0.4, -0.2) is 11.9 Å². The first-order valence-corrected chi connectivity index (χ1v) is 4.40. The number of nitrogens with one attached hydrogen (secondary N) is 1. The first kappa shape index (κ1) is 8.57. The van der Waals surface area contributed by atoms with E-state index in [1.165, 1.54) is 0 Å². The Morgan fingerprint density at radius 1 is 1.64 bits per heavy atom. The Labute approximate surface area is 68.4 Å². The third kappa shape index (κ3) is 2.21. The highest BCUT2D eigenvalue weighted by Gasteiger charge is 2.28. The summed E-state index contributed by atoms with van der Waals surface area (Å²) < 4.78 is 0. The van der Waals surface area contributed by atoms with Gasteiger partial charge in [-0.3, -0.25) is 4.79 Å². The third-order valence-corrected chi connectivity index (χ3v) is 2.19. The van der Waals surface area contributed by atoms with Crippen molar-refractivity contribution < 1.29 is 4.79 Å². The lowest BCUT2D eigenvalue weighted by Crippen LogP contribution is -2.27. The van der Waals surface area contributed by atoms with Crippen LogP contribution in [0.4, 0.5) is 0 Å². The van der Waals surface area contributed by atoms with Crippen LogP contribution in [0, 0.1) is 11.8 Å². The van der Waals surface area contributed by atoms with Crippen LogP contribution in [0.2, 0.25) is 0 Å². The zero-order valence-electron chi connectivity index (χ0n) is 7.55. The monoisotopic (exact) mass is 155 g/mol. The van der Waals surface area contributed by atoms with Gasteiger partial charge in [-0.2, -0.15) is 0 Å². The summed E-state index contributed by atoms with van der Waals surface area (Å²) in [6, 6.07) is 0.442. The topological polar surface area (TPSA) is 29.1 Å². The molecule has 0 saturated carbocycles. The minimum absolute atomic E-state index is 0.232. The first-order valence-electron chi connectivity index (χ1n) is 4.40. The molecule has 0 aromatic carbocycles. The highest BCUT2D eigenvalue weighted by molar-refractivity contribution is 5.80. The summed E-state index contributed by atoms with van der Waals surface area (Å²) >= 11 is 0. The van der Waals surface area contributed by atoms with E-state index in [2.05, 4.69) is 19.2 Å². The summed E-state index contributed by atoms with van der Waals surface area (Å²) in [5.74, 6) is 1.15. The molecule has 2 nitrogen and oxygen atoms in total. The van der Waals surface area contributed by atoms with E-state index in [9.17, 15) is 4.79 Å². The highest BCUT2D eigenvalue weighted by atomic mass is 16.2. The fraction of sp³-hybridized carbons (Fsp3) is 0.889. The summed E-state index contributed by atoms with van der Waals surface area (Å²) in [6.45, 7) is 6.37. The lowest BCUT2D eigenvalue weighted by Gasteiger charge is -2.11. The number of rotatable bonds is 2. The van der Waals surface area contributed by atoms with Gasteiger partial charge in [-0.25, -0.2) is 0 Å². The van der Waals surface area contributed by atoms with Gasteiger partial charge in [0.2, 0.25) is 5.91 Å². The molecule has 64 valence electrons. The van der Waals surface area contributed by atoms with E-state index in [0.29, 0.717) is 12.0 Å². The molecule has 1 aliphatic heterocycles. The van der Waals surface area contributed by atoms with Gasteiger partial charge in [0, 0.05) is 12.0 Å². The normalized spacial score (nSPS) is 31.1. The van der Waals surface area contributed by atoms with Crippen LogP contribution in [0.3, 0.4) is 0 Å². The maximum absolute atomic E-state index is 11.1. The molecule has 2 atom stereocenters. The van der Waals surface area contributed by atoms with Gasteiger partial charge in [-0.15, -0.1) is 0 Å².